The predicted octanol–water partition coefficient (Wildman–Crippen LogP) is 1.64. The molecule has 0 saturated carbocycles. The third kappa shape index (κ3) is 4.28. The van der Waals surface area contributed by atoms with E-state index < -0.39 is 21.9 Å². The Hall–Kier alpha value is -1.91. The van der Waals surface area contributed by atoms with Gasteiger partial charge in [0.25, 0.3) is 0 Å². The van der Waals surface area contributed by atoms with Crippen molar-refractivity contribution in [1.29, 1.82) is 5.26 Å². The molecule has 0 aromatic heterocycles. The van der Waals surface area contributed by atoms with Crippen LogP contribution in [0.25, 0.3) is 0 Å². The quantitative estimate of drug-likeness (QED) is 0.745. The summed E-state index contributed by atoms with van der Waals surface area (Å²) in [5, 5.41) is 8.75. The Morgan fingerprint density at radius 1 is 1.38 bits per heavy atom. The lowest BCUT2D eigenvalue weighted by Crippen LogP contribution is -2.30. The summed E-state index contributed by atoms with van der Waals surface area (Å²) in [4.78, 5) is 11.6. The summed E-state index contributed by atoms with van der Waals surface area (Å²) < 4.78 is 30.5. The Balaban J connectivity index is 2.95. The molecule has 0 fully saturated rings. The largest absolute Gasteiger partial charge is 0.462 e. The van der Waals surface area contributed by atoms with Gasteiger partial charge in [0.1, 0.15) is 0 Å². The Labute approximate surface area is 125 Å². The van der Waals surface area contributed by atoms with Crippen LogP contribution in [-0.2, 0) is 14.8 Å². The van der Waals surface area contributed by atoms with Gasteiger partial charge < -0.3 is 4.74 Å². The molecule has 0 amide bonds. The number of carbonyl (C=O) groups is 1. The van der Waals surface area contributed by atoms with E-state index in [0.717, 1.165) is 4.31 Å². The second-order valence-corrected chi connectivity index (χ2v) is 6.61. The molecule has 7 heteroatoms. The number of benzene rings is 1. The highest BCUT2D eigenvalue weighted by molar-refractivity contribution is 7.89. The topological polar surface area (TPSA) is 87.5 Å². The summed E-state index contributed by atoms with van der Waals surface area (Å²) in [6.07, 6.45) is 0. The molecule has 0 aliphatic carbocycles. The number of nitrogens with zero attached hydrogens (tertiary/aromatic N) is 2. The molecule has 114 valence electrons. The van der Waals surface area contributed by atoms with E-state index >= 15 is 0 Å². The van der Waals surface area contributed by atoms with Crippen molar-refractivity contribution in [3.05, 3.63) is 29.8 Å². The first-order valence-corrected chi connectivity index (χ1v) is 7.90. The Morgan fingerprint density at radius 2 is 1.95 bits per heavy atom. The summed E-state index contributed by atoms with van der Waals surface area (Å²) in [5.74, 6) is -0.892. The van der Waals surface area contributed by atoms with Gasteiger partial charge in [-0.3, -0.25) is 0 Å². The Morgan fingerprint density at radius 3 is 2.43 bits per heavy atom. The van der Waals surface area contributed by atoms with Gasteiger partial charge in [-0.1, -0.05) is 0 Å². The molecule has 1 rings (SSSR count). The fourth-order valence-electron chi connectivity index (χ4n) is 1.68. The summed E-state index contributed by atoms with van der Waals surface area (Å²) >= 11 is 0. The third-order valence-electron chi connectivity index (χ3n) is 2.82. The molecule has 1 aromatic carbocycles. The van der Waals surface area contributed by atoms with E-state index in [1.807, 2.05) is 6.07 Å². The molecule has 21 heavy (non-hydrogen) atoms. The second kappa shape index (κ2) is 7.20. The van der Waals surface area contributed by atoms with Gasteiger partial charge in [-0.25, -0.2) is 13.2 Å². The van der Waals surface area contributed by atoms with Crippen LogP contribution in [0.15, 0.2) is 29.2 Å². The van der Waals surface area contributed by atoms with Crippen molar-refractivity contribution < 1.29 is 17.9 Å². The Bertz CT molecular complexity index is 632. The number of hydrogen-bond donors (Lipinski definition) is 0. The van der Waals surface area contributed by atoms with Crippen molar-refractivity contribution in [3.8, 4) is 6.07 Å². The first-order chi connectivity index (χ1) is 9.82. The van der Waals surface area contributed by atoms with Crippen molar-refractivity contribution in [2.75, 3.05) is 20.2 Å². The number of sulfonamides is 1. The first kappa shape index (κ1) is 17.1. The van der Waals surface area contributed by atoms with Gasteiger partial charge in [0.2, 0.25) is 10.0 Å². The minimum atomic E-state index is -3.67. The van der Waals surface area contributed by atoms with Gasteiger partial charge in [-0.2, -0.15) is 9.57 Å². The van der Waals surface area contributed by atoms with E-state index in [-0.39, 0.29) is 18.0 Å². The summed E-state index contributed by atoms with van der Waals surface area (Å²) in [6.45, 7) is 3.71. The average Bonchev–Trinajstić information content (AvgIpc) is 2.47. The Kier molecular flexibility index (Phi) is 5.88. The van der Waals surface area contributed by atoms with Crippen molar-refractivity contribution in [2.45, 2.75) is 18.7 Å². The van der Waals surface area contributed by atoms with Gasteiger partial charge in [0.05, 0.1) is 29.1 Å². The molecule has 0 heterocycles. The number of carbonyl (C=O) groups excluding carboxylic acids is 1. The van der Waals surface area contributed by atoms with Crippen LogP contribution in [0.1, 0.15) is 24.2 Å². The molecule has 1 atom stereocenters. The maximum atomic E-state index is 12.3. The number of ether oxygens (including phenoxy) is 1. The van der Waals surface area contributed by atoms with Crippen LogP contribution < -0.4 is 0 Å². The summed E-state index contributed by atoms with van der Waals surface area (Å²) in [7, 11) is -2.25. The normalized spacial score (nSPS) is 12.7. The number of esters is 1. The lowest BCUT2D eigenvalue weighted by Gasteiger charge is -2.18. The molecule has 1 aromatic rings. The molecule has 0 spiro atoms. The summed E-state index contributed by atoms with van der Waals surface area (Å²) in [6, 6.07) is 7.52. The highest BCUT2D eigenvalue weighted by Crippen LogP contribution is 2.16. The van der Waals surface area contributed by atoms with Crippen LogP contribution >= 0.6 is 0 Å². The van der Waals surface area contributed by atoms with E-state index in [1.165, 1.54) is 31.3 Å². The monoisotopic (exact) mass is 310 g/mol. The van der Waals surface area contributed by atoms with E-state index in [0.29, 0.717) is 5.56 Å². The lowest BCUT2D eigenvalue weighted by molar-refractivity contribution is 0.0526. The average molecular weight is 310 g/mol. The molecule has 0 N–H and O–H groups in total. The fourth-order valence-corrected chi connectivity index (χ4v) is 2.94. The molecule has 6 nitrogen and oxygen atoms in total. The molecule has 0 aliphatic rings. The van der Waals surface area contributed by atoms with Gasteiger partial charge in [-0.05, 0) is 38.1 Å². The van der Waals surface area contributed by atoms with Gasteiger partial charge >= 0.3 is 5.97 Å². The van der Waals surface area contributed by atoms with E-state index in [9.17, 15) is 13.2 Å². The van der Waals surface area contributed by atoms with Crippen molar-refractivity contribution >= 4 is 16.0 Å². The lowest BCUT2D eigenvalue weighted by atomic mass is 10.2. The van der Waals surface area contributed by atoms with Crippen LogP contribution in [0.5, 0.6) is 0 Å². The minimum Gasteiger partial charge on any atom is -0.462 e. The van der Waals surface area contributed by atoms with Crippen LogP contribution in [0.4, 0.5) is 0 Å². The molecule has 0 aliphatic heterocycles. The minimum absolute atomic E-state index is 0.0724. The SMILES string of the molecule is CCOC(=O)c1ccc(S(=O)(=O)N(C)C[C@H](C)C#N)cc1. The maximum Gasteiger partial charge on any atom is 0.338 e. The predicted molar refractivity (Wildman–Crippen MR) is 77.0 cm³/mol. The number of hydrogen-bond acceptors (Lipinski definition) is 5. The van der Waals surface area contributed by atoms with Crippen LogP contribution in [0.2, 0.25) is 0 Å². The van der Waals surface area contributed by atoms with Gasteiger partial charge in [0, 0.05) is 13.6 Å². The van der Waals surface area contributed by atoms with Crippen molar-refractivity contribution in [1.82, 2.24) is 4.31 Å². The summed E-state index contributed by atoms with van der Waals surface area (Å²) in [5.41, 5.74) is 0.295. The van der Waals surface area contributed by atoms with Gasteiger partial charge in [0.15, 0.2) is 0 Å². The van der Waals surface area contributed by atoms with E-state index in [4.69, 9.17) is 10.00 Å². The molecule has 0 saturated heterocycles. The van der Waals surface area contributed by atoms with E-state index in [1.54, 1.807) is 13.8 Å². The standard InChI is InChI=1S/C14H18N2O4S/c1-4-20-14(17)12-5-7-13(8-6-12)21(18,19)16(3)10-11(2)9-15/h5-8,11H,4,10H2,1-3H3/t11-/m1/s1. The second-order valence-electron chi connectivity index (χ2n) is 4.56. The molecule has 0 bridgehead atoms. The molecule has 0 radical (unpaired) electrons. The van der Waals surface area contributed by atoms with Crippen LogP contribution in [-0.4, -0.2) is 38.9 Å². The zero-order valence-electron chi connectivity index (χ0n) is 12.2. The number of nitriles is 1. The zero-order valence-corrected chi connectivity index (χ0v) is 13.1. The van der Waals surface area contributed by atoms with E-state index in [2.05, 4.69) is 0 Å². The van der Waals surface area contributed by atoms with Crippen molar-refractivity contribution in [3.63, 3.8) is 0 Å². The fraction of sp³-hybridized carbons (Fsp3) is 0.429. The molecule has 0 unspecified atom stereocenters. The highest BCUT2D eigenvalue weighted by Gasteiger charge is 2.22. The first-order valence-electron chi connectivity index (χ1n) is 6.46. The smallest absolute Gasteiger partial charge is 0.338 e. The highest BCUT2D eigenvalue weighted by atomic mass is 32.2. The third-order valence-corrected chi connectivity index (χ3v) is 4.66. The number of rotatable bonds is 6. The van der Waals surface area contributed by atoms with Crippen molar-refractivity contribution in [2.24, 2.45) is 5.92 Å². The van der Waals surface area contributed by atoms with Crippen LogP contribution in [0.3, 0.4) is 0 Å². The van der Waals surface area contributed by atoms with Gasteiger partial charge in [-0.15, -0.1) is 0 Å². The maximum absolute atomic E-state index is 12.3. The van der Waals surface area contributed by atoms with Crippen LogP contribution in [0, 0.1) is 17.2 Å². The zero-order chi connectivity index (χ0) is 16.0. The molecular formula is C14H18N2O4S. The molecular weight excluding hydrogens is 292 g/mol.